The van der Waals surface area contributed by atoms with Gasteiger partial charge in [0.2, 0.25) is 5.91 Å². The summed E-state index contributed by atoms with van der Waals surface area (Å²) in [4.78, 5) is 24.9. The monoisotopic (exact) mass is 365 g/mol. The molecule has 0 saturated heterocycles. The lowest BCUT2D eigenvalue weighted by Crippen LogP contribution is -2.50. The van der Waals surface area contributed by atoms with Crippen LogP contribution in [0.15, 0.2) is 40.8 Å². The minimum absolute atomic E-state index is 0.149. The first-order chi connectivity index (χ1) is 13.1. The van der Waals surface area contributed by atoms with Crippen LogP contribution in [0.4, 0.5) is 0 Å². The minimum Gasteiger partial charge on any atom is -0.451 e. The number of amides is 2. The van der Waals surface area contributed by atoms with Gasteiger partial charge in [-0.2, -0.15) is 5.26 Å². The SMILES string of the molecule is CNC(=O)C(NC(=O)c1ccc(-c2ccc(C#N)cc2)o1)C1CCCCC1. The van der Waals surface area contributed by atoms with Gasteiger partial charge >= 0.3 is 0 Å². The Labute approximate surface area is 158 Å². The van der Waals surface area contributed by atoms with E-state index < -0.39 is 11.9 Å². The van der Waals surface area contributed by atoms with Gasteiger partial charge in [-0.15, -0.1) is 0 Å². The van der Waals surface area contributed by atoms with Crippen molar-refractivity contribution in [2.24, 2.45) is 5.92 Å². The Hall–Kier alpha value is -3.07. The third-order valence-electron chi connectivity index (χ3n) is 5.07. The highest BCUT2D eigenvalue weighted by Crippen LogP contribution is 2.27. The maximum absolute atomic E-state index is 12.6. The molecule has 1 atom stereocenters. The second-order valence-electron chi connectivity index (χ2n) is 6.82. The molecule has 1 heterocycles. The molecule has 6 heteroatoms. The van der Waals surface area contributed by atoms with E-state index in [1.807, 2.05) is 0 Å². The van der Waals surface area contributed by atoms with Crippen molar-refractivity contribution in [3.63, 3.8) is 0 Å². The van der Waals surface area contributed by atoms with Crippen LogP contribution in [0.25, 0.3) is 11.3 Å². The standard InChI is InChI=1S/C21H23N3O3/c1-23-21(26)19(16-5-3-2-4-6-16)24-20(25)18-12-11-17(27-18)15-9-7-14(13-22)8-10-15/h7-12,16,19H,2-6H2,1H3,(H,23,26)(H,24,25). The van der Waals surface area contributed by atoms with Crippen molar-refractivity contribution in [3.05, 3.63) is 47.7 Å². The number of benzene rings is 1. The van der Waals surface area contributed by atoms with E-state index in [0.717, 1.165) is 31.2 Å². The lowest BCUT2D eigenvalue weighted by molar-refractivity contribution is -0.124. The van der Waals surface area contributed by atoms with Crippen LogP contribution in [0.2, 0.25) is 0 Å². The second-order valence-corrected chi connectivity index (χ2v) is 6.82. The number of nitrogens with one attached hydrogen (secondary N) is 2. The van der Waals surface area contributed by atoms with Crippen LogP contribution in [0.3, 0.4) is 0 Å². The van der Waals surface area contributed by atoms with Crippen LogP contribution >= 0.6 is 0 Å². The Kier molecular flexibility index (Phi) is 5.92. The molecule has 0 spiro atoms. The number of carbonyl (C=O) groups excluding carboxylic acids is 2. The smallest absolute Gasteiger partial charge is 0.287 e. The zero-order valence-electron chi connectivity index (χ0n) is 15.3. The van der Waals surface area contributed by atoms with Gasteiger partial charge in [0.15, 0.2) is 5.76 Å². The molecular formula is C21H23N3O3. The molecule has 0 bridgehead atoms. The Balaban J connectivity index is 1.73. The van der Waals surface area contributed by atoms with E-state index in [2.05, 4.69) is 16.7 Å². The van der Waals surface area contributed by atoms with Crippen molar-refractivity contribution in [1.29, 1.82) is 5.26 Å². The molecule has 2 aromatic rings. The van der Waals surface area contributed by atoms with Crippen molar-refractivity contribution < 1.29 is 14.0 Å². The second kappa shape index (κ2) is 8.54. The first kappa shape index (κ1) is 18.7. The number of rotatable bonds is 5. The highest BCUT2D eigenvalue weighted by Gasteiger charge is 2.31. The molecule has 1 aliphatic carbocycles. The van der Waals surface area contributed by atoms with E-state index >= 15 is 0 Å². The van der Waals surface area contributed by atoms with E-state index in [4.69, 9.17) is 9.68 Å². The molecule has 2 amide bonds. The molecule has 140 valence electrons. The van der Waals surface area contributed by atoms with Gasteiger partial charge in [0.25, 0.3) is 5.91 Å². The summed E-state index contributed by atoms with van der Waals surface area (Å²) in [6.45, 7) is 0. The lowest BCUT2D eigenvalue weighted by Gasteiger charge is -2.29. The van der Waals surface area contributed by atoms with Crippen LogP contribution in [0.5, 0.6) is 0 Å². The molecule has 0 radical (unpaired) electrons. The van der Waals surface area contributed by atoms with Gasteiger partial charge in [0.1, 0.15) is 11.8 Å². The summed E-state index contributed by atoms with van der Waals surface area (Å²) in [6.07, 6.45) is 5.21. The molecule has 1 aromatic heterocycles. The largest absolute Gasteiger partial charge is 0.451 e. The maximum atomic E-state index is 12.6. The summed E-state index contributed by atoms with van der Waals surface area (Å²) in [5.41, 5.74) is 1.34. The predicted octanol–water partition coefficient (Wildman–Crippen LogP) is 3.24. The van der Waals surface area contributed by atoms with Crippen LogP contribution in [0, 0.1) is 17.2 Å². The predicted molar refractivity (Wildman–Crippen MR) is 101 cm³/mol. The molecule has 1 unspecified atom stereocenters. The molecule has 27 heavy (non-hydrogen) atoms. The van der Waals surface area contributed by atoms with Crippen molar-refractivity contribution in [2.45, 2.75) is 38.1 Å². The first-order valence-corrected chi connectivity index (χ1v) is 9.25. The van der Waals surface area contributed by atoms with E-state index in [-0.39, 0.29) is 17.6 Å². The molecular weight excluding hydrogens is 342 g/mol. The quantitative estimate of drug-likeness (QED) is 0.850. The lowest BCUT2D eigenvalue weighted by atomic mass is 9.83. The average Bonchev–Trinajstić information content (AvgIpc) is 3.22. The Morgan fingerprint density at radius 1 is 1.11 bits per heavy atom. The van der Waals surface area contributed by atoms with Crippen LogP contribution in [-0.4, -0.2) is 24.9 Å². The number of likely N-dealkylation sites (N-methyl/N-ethyl adjacent to an activating group) is 1. The first-order valence-electron chi connectivity index (χ1n) is 9.25. The van der Waals surface area contributed by atoms with Gasteiger partial charge in [-0.25, -0.2) is 0 Å². The third kappa shape index (κ3) is 4.37. The summed E-state index contributed by atoms with van der Waals surface area (Å²) in [5.74, 6) is 0.289. The highest BCUT2D eigenvalue weighted by molar-refractivity contribution is 5.96. The molecule has 2 N–H and O–H groups in total. The highest BCUT2D eigenvalue weighted by atomic mass is 16.3. The van der Waals surface area contributed by atoms with E-state index in [9.17, 15) is 9.59 Å². The number of nitriles is 1. The topological polar surface area (TPSA) is 95.1 Å². The maximum Gasteiger partial charge on any atom is 0.287 e. The summed E-state index contributed by atoms with van der Waals surface area (Å²) >= 11 is 0. The Morgan fingerprint density at radius 2 is 1.81 bits per heavy atom. The van der Waals surface area contributed by atoms with Crippen LogP contribution in [0.1, 0.15) is 48.2 Å². The van der Waals surface area contributed by atoms with Crippen molar-refractivity contribution in [3.8, 4) is 17.4 Å². The fourth-order valence-corrected chi connectivity index (χ4v) is 3.56. The summed E-state index contributed by atoms with van der Waals surface area (Å²) in [7, 11) is 1.58. The number of hydrogen-bond donors (Lipinski definition) is 2. The minimum atomic E-state index is -0.550. The van der Waals surface area contributed by atoms with Gasteiger partial charge in [0, 0.05) is 12.6 Å². The summed E-state index contributed by atoms with van der Waals surface area (Å²) < 4.78 is 5.68. The molecule has 0 aliphatic heterocycles. The van der Waals surface area contributed by atoms with E-state index in [1.165, 1.54) is 6.42 Å². The van der Waals surface area contributed by atoms with E-state index in [1.54, 1.807) is 43.4 Å². The summed E-state index contributed by atoms with van der Waals surface area (Å²) in [5, 5.41) is 14.4. The van der Waals surface area contributed by atoms with Crippen molar-refractivity contribution >= 4 is 11.8 Å². The Morgan fingerprint density at radius 3 is 2.44 bits per heavy atom. The normalized spacial score (nSPS) is 15.6. The molecule has 1 aromatic carbocycles. The van der Waals surface area contributed by atoms with E-state index in [0.29, 0.717) is 11.3 Å². The zero-order chi connectivity index (χ0) is 19.2. The fourth-order valence-electron chi connectivity index (χ4n) is 3.56. The molecule has 1 fully saturated rings. The van der Waals surface area contributed by atoms with Crippen LogP contribution < -0.4 is 10.6 Å². The number of furan rings is 1. The van der Waals surface area contributed by atoms with Crippen LogP contribution in [-0.2, 0) is 4.79 Å². The zero-order valence-corrected chi connectivity index (χ0v) is 15.3. The number of hydrogen-bond acceptors (Lipinski definition) is 4. The molecule has 6 nitrogen and oxygen atoms in total. The van der Waals surface area contributed by atoms with Crippen molar-refractivity contribution in [1.82, 2.24) is 10.6 Å². The van der Waals surface area contributed by atoms with Gasteiger partial charge in [-0.1, -0.05) is 19.3 Å². The average molecular weight is 365 g/mol. The molecule has 1 saturated carbocycles. The summed E-state index contributed by atoms with van der Waals surface area (Å²) in [6, 6.07) is 11.8. The fraction of sp³-hybridized carbons (Fsp3) is 0.381. The number of nitrogens with zero attached hydrogens (tertiary/aromatic N) is 1. The molecule has 1 aliphatic rings. The van der Waals surface area contributed by atoms with Gasteiger partial charge in [-0.3, -0.25) is 9.59 Å². The molecule has 3 rings (SSSR count). The Bertz CT molecular complexity index is 842. The van der Waals surface area contributed by atoms with Gasteiger partial charge in [-0.05, 0) is 55.2 Å². The number of carbonyl (C=O) groups is 2. The van der Waals surface area contributed by atoms with Gasteiger partial charge < -0.3 is 15.1 Å². The third-order valence-corrected chi connectivity index (χ3v) is 5.07. The van der Waals surface area contributed by atoms with Gasteiger partial charge in [0.05, 0.1) is 11.6 Å². The van der Waals surface area contributed by atoms with Crippen molar-refractivity contribution in [2.75, 3.05) is 7.05 Å².